The number of hydrogen-bond acceptors (Lipinski definition) is 2. The lowest BCUT2D eigenvalue weighted by molar-refractivity contribution is 0.102. The Kier molecular flexibility index (Phi) is 3.73. The number of aromatic nitrogens is 1. The maximum Gasteiger partial charge on any atom is 0.256 e. The Bertz CT molecular complexity index is 925. The summed E-state index contributed by atoms with van der Waals surface area (Å²) in [7, 11) is 0. The normalized spacial score (nSPS) is 10.8. The van der Waals surface area contributed by atoms with E-state index in [4.69, 9.17) is 0 Å². The average molecular weight is 316 g/mol. The van der Waals surface area contributed by atoms with E-state index in [2.05, 4.69) is 10.3 Å². The molecule has 1 amide bonds. The van der Waals surface area contributed by atoms with Crippen molar-refractivity contribution in [3.8, 4) is 0 Å². The number of para-hydroxylation sites is 1. The standard InChI is InChI=1S/C17H11F3N2O/c1-9-8-11(10-4-2-3-5-13(10)21-9)17(23)22-14-7-6-12(18)15(19)16(14)20/h2-8H,1H3,(H,22,23). The molecule has 3 nitrogen and oxygen atoms in total. The summed E-state index contributed by atoms with van der Waals surface area (Å²) in [6, 6.07) is 10.3. The van der Waals surface area contributed by atoms with Gasteiger partial charge in [-0.2, -0.15) is 0 Å². The number of fused-ring (bicyclic) bond motifs is 1. The van der Waals surface area contributed by atoms with Crippen LogP contribution in [0.3, 0.4) is 0 Å². The number of pyridine rings is 1. The smallest absolute Gasteiger partial charge is 0.256 e. The first-order chi connectivity index (χ1) is 11.0. The van der Waals surface area contributed by atoms with Crippen LogP contribution in [0.5, 0.6) is 0 Å². The molecular formula is C17H11F3N2O. The van der Waals surface area contributed by atoms with Gasteiger partial charge in [-0.05, 0) is 31.2 Å². The summed E-state index contributed by atoms with van der Waals surface area (Å²) >= 11 is 0. The highest BCUT2D eigenvalue weighted by Crippen LogP contribution is 2.23. The maximum atomic E-state index is 13.7. The van der Waals surface area contributed by atoms with E-state index in [1.807, 2.05) is 0 Å². The van der Waals surface area contributed by atoms with Gasteiger partial charge in [-0.3, -0.25) is 9.78 Å². The molecule has 0 unspecified atom stereocenters. The molecule has 0 aliphatic rings. The second kappa shape index (κ2) is 5.72. The fourth-order valence-corrected chi connectivity index (χ4v) is 2.31. The van der Waals surface area contributed by atoms with Crippen LogP contribution in [0.1, 0.15) is 16.1 Å². The predicted octanol–water partition coefficient (Wildman–Crippen LogP) is 4.21. The van der Waals surface area contributed by atoms with Crippen molar-refractivity contribution in [3.05, 3.63) is 71.2 Å². The Morgan fingerprint density at radius 1 is 1.04 bits per heavy atom. The number of hydrogen-bond donors (Lipinski definition) is 1. The van der Waals surface area contributed by atoms with E-state index in [9.17, 15) is 18.0 Å². The molecule has 0 radical (unpaired) electrons. The minimum absolute atomic E-state index is 0.275. The number of amides is 1. The summed E-state index contributed by atoms with van der Waals surface area (Å²) in [6.45, 7) is 1.72. The molecule has 0 bridgehead atoms. The average Bonchev–Trinajstić information content (AvgIpc) is 2.54. The Morgan fingerprint density at radius 3 is 2.57 bits per heavy atom. The summed E-state index contributed by atoms with van der Waals surface area (Å²) in [4.78, 5) is 16.7. The monoisotopic (exact) mass is 316 g/mol. The first kappa shape index (κ1) is 15.0. The van der Waals surface area contributed by atoms with Gasteiger partial charge < -0.3 is 5.32 Å². The zero-order chi connectivity index (χ0) is 16.6. The van der Waals surface area contributed by atoms with Crippen molar-refractivity contribution in [1.82, 2.24) is 4.98 Å². The first-order valence-corrected chi connectivity index (χ1v) is 6.78. The van der Waals surface area contributed by atoms with Crippen LogP contribution in [-0.2, 0) is 0 Å². The van der Waals surface area contributed by atoms with Gasteiger partial charge in [-0.1, -0.05) is 18.2 Å². The minimum Gasteiger partial charge on any atom is -0.319 e. The summed E-state index contributed by atoms with van der Waals surface area (Å²) in [6.07, 6.45) is 0. The Morgan fingerprint density at radius 2 is 1.78 bits per heavy atom. The maximum absolute atomic E-state index is 13.7. The Labute approximate surface area is 129 Å². The van der Waals surface area contributed by atoms with Crippen LogP contribution >= 0.6 is 0 Å². The van der Waals surface area contributed by atoms with Gasteiger partial charge in [-0.15, -0.1) is 0 Å². The van der Waals surface area contributed by atoms with Crippen LogP contribution in [0, 0.1) is 24.4 Å². The lowest BCUT2D eigenvalue weighted by Crippen LogP contribution is -2.15. The molecule has 0 spiro atoms. The third-order valence-electron chi connectivity index (χ3n) is 3.37. The van der Waals surface area contributed by atoms with Crippen LogP contribution in [-0.4, -0.2) is 10.9 Å². The molecule has 6 heteroatoms. The van der Waals surface area contributed by atoms with Crippen LogP contribution in [0.2, 0.25) is 0 Å². The van der Waals surface area contributed by atoms with Crippen molar-refractivity contribution in [1.29, 1.82) is 0 Å². The summed E-state index contributed by atoms with van der Waals surface area (Å²) in [5.41, 5.74) is 1.08. The summed E-state index contributed by atoms with van der Waals surface area (Å²) in [5, 5.41) is 2.85. The molecule has 116 valence electrons. The van der Waals surface area contributed by atoms with E-state index >= 15 is 0 Å². The van der Waals surface area contributed by atoms with Gasteiger partial charge in [0.1, 0.15) is 0 Å². The quantitative estimate of drug-likeness (QED) is 0.720. The molecule has 3 aromatic rings. The highest BCUT2D eigenvalue weighted by Gasteiger charge is 2.17. The first-order valence-electron chi connectivity index (χ1n) is 6.78. The molecule has 0 saturated carbocycles. The van der Waals surface area contributed by atoms with Crippen molar-refractivity contribution in [2.45, 2.75) is 6.92 Å². The topological polar surface area (TPSA) is 42.0 Å². The molecule has 0 aliphatic heterocycles. The third-order valence-corrected chi connectivity index (χ3v) is 3.37. The fraction of sp³-hybridized carbons (Fsp3) is 0.0588. The molecule has 1 aromatic heterocycles. The zero-order valence-corrected chi connectivity index (χ0v) is 12.0. The Balaban J connectivity index is 2.03. The molecule has 1 N–H and O–H groups in total. The molecule has 1 heterocycles. The van der Waals surface area contributed by atoms with Crippen molar-refractivity contribution in [2.75, 3.05) is 5.32 Å². The number of rotatable bonds is 2. The number of carbonyl (C=O) groups excluding carboxylic acids is 1. The van der Waals surface area contributed by atoms with E-state index < -0.39 is 29.0 Å². The van der Waals surface area contributed by atoms with Gasteiger partial charge in [0.15, 0.2) is 17.5 Å². The summed E-state index contributed by atoms with van der Waals surface area (Å²) in [5.74, 6) is -5.01. The number of anilines is 1. The van der Waals surface area contributed by atoms with E-state index in [0.29, 0.717) is 16.6 Å². The van der Waals surface area contributed by atoms with Crippen molar-refractivity contribution in [2.24, 2.45) is 0 Å². The Hall–Kier alpha value is -2.89. The van der Waals surface area contributed by atoms with E-state index in [1.54, 1.807) is 37.3 Å². The minimum atomic E-state index is -1.63. The van der Waals surface area contributed by atoms with Crippen LogP contribution < -0.4 is 5.32 Å². The van der Waals surface area contributed by atoms with Gasteiger partial charge in [0.2, 0.25) is 0 Å². The van der Waals surface area contributed by atoms with Gasteiger partial charge in [0, 0.05) is 11.1 Å². The van der Waals surface area contributed by atoms with Gasteiger partial charge in [-0.25, -0.2) is 13.2 Å². The van der Waals surface area contributed by atoms with E-state index in [0.717, 1.165) is 12.1 Å². The number of carbonyl (C=O) groups is 1. The second-order valence-electron chi connectivity index (χ2n) is 5.01. The number of nitrogens with zero attached hydrogens (tertiary/aromatic N) is 1. The van der Waals surface area contributed by atoms with Gasteiger partial charge >= 0.3 is 0 Å². The van der Waals surface area contributed by atoms with Gasteiger partial charge in [0.05, 0.1) is 16.8 Å². The lowest BCUT2D eigenvalue weighted by Gasteiger charge is -2.10. The number of aryl methyl sites for hydroxylation is 1. The van der Waals surface area contributed by atoms with Crippen molar-refractivity contribution in [3.63, 3.8) is 0 Å². The third kappa shape index (κ3) is 2.75. The second-order valence-corrected chi connectivity index (χ2v) is 5.01. The molecule has 23 heavy (non-hydrogen) atoms. The van der Waals surface area contributed by atoms with Crippen LogP contribution in [0.15, 0.2) is 42.5 Å². The van der Waals surface area contributed by atoms with Crippen molar-refractivity contribution < 1.29 is 18.0 Å². The van der Waals surface area contributed by atoms with Crippen LogP contribution in [0.25, 0.3) is 10.9 Å². The number of halogens is 3. The van der Waals surface area contributed by atoms with Crippen LogP contribution in [0.4, 0.5) is 18.9 Å². The molecule has 2 aromatic carbocycles. The predicted molar refractivity (Wildman–Crippen MR) is 80.7 cm³/mol. The SMILES string of the molecule is Cc1cc(C(=O)Nc2ccc(F)c(F)c2F)c2ccccc2n1. The molecule has 3 rings (SSSR count). The molecule has 0 aliphatic carbocycles. The highest BCUT2D eigenvalue weighted by atomic mass is 19.2. The largest absolute Gasteiger partial charge is 0.319 e. The molecule has 0 atom stereocenters. The molecular weight excluding hydrogens is 305 g/mol. The lowest BCUT2D eigenvalue weighted by atomic mass is 10.1. The van der Waals surface area contributed by atoms with Crippen molar-refractivity contribution >= 4 is 22.5 Å². The zero-order valence-electron chi connectivity index (χ0n) is 12.0. The molecule has 0 fully saturated rings. The number of nitrogens with one attached hydrogen (secondary N) is 1. The number of benzene rings is 2. The molecule has 0 saturated heterocycles. The van der Waals surface area contributed by atoms with Gasteiger partial charge in [0.25, 0.3) is 5.91 Å². The summed E-state index contributed by atoms with van der Waals surface area (Å²) < 4.78 is 39.9. The van der Waals surface area contributed by atoms with E-state index in [-0.39, 0.29) is 5.56 Å². The fourth-order valence-electron chi connectivity index (χ4n) is 2.31. The van der Waals surface area contributed by atoms with E-state index in [1.165, 1.54) is 0 Å². The highest BCUT2D eigenvalue weighted by molar-refractivity contribution is 6.12.